The van der Waals surface area contributed by atoms with E-state index in [4.69, 9.17) is 11.1 Å². The molecule has 1 aromatic rings. The molecule has 0 radical (unpaired) electrons. The molecule has 1 aliphatic carbocycles. The fourth-order valence-electron chi connectivity index (χ4n) is 2.51. The highest BCUT2D eigenvalue weighted by Gasteiger charge is 2.28. The van der Waals surface area contributed by atoms with Crippen LogP contribution in [0.1, 0.15) is 49.8 Å². The van der Waals surface area contributed by atoms with E-state index in [2.05, 4.69) is 31.7 Å². The molecule has 1 fully saturated rings. The van der Waals surface area contributed by atoms with Crippen molar-refractivity contribution in [1.29, 1.82) is 5.41 Å². The molecule has 20 heavy (non-hydrogen) atoms. The van der Waals surface area contributed by atoms with Crippen molar-refractivity contribution in [2.24, 2.45) is 11.7 Å². The van der Waals surface area contributed by atoms with Gasteiger partial charge in [-0.25, -0.2) is 0 Å². The summed E-state index contributed by atoms with van der Waals surface area (Å²) in [6.45, 7) is 8.92. The maximum Gasteiger partial charge on any atom is 0.122 e. The molecule has 1 aromatic carbocycles. The first-order chi connectivity index (χ1) is 9.47. The second-order valence-electron chi connectivity index (χ2n) is 6.44. The lowest BCUT2D eigenvalue weighted by Gasteiger charge is -2.24. The molecular weight excluding hydrogens is 246 g/mol. The van der Waals surface area contributed by atoms with Crippen molar-refractivity contribution in [3.8, 4) is 0 Å². The molecule has 3 N–H and O–H groups in total. The lowest BCUT2D eigenvalue weighted by molar-refractivity contribution is 0.239. The molecule has 0 amide bonds. The molecule has 0 bridgehead atoms. The molecule has 110 valence electrons. The van der Waals surface area contributed by atoms with E-state index in [0.717, 1.165) is 24.1 Å². The highest BCUT2D eigenvalue weighted by molar-refractivity contribution is 5.95. The summed E-state index contributed by atoms with van der Waals surface area (Å²) < 4.78 is 0. The Morgan fingerprint density at radius 3 is 2.60 bits per heavy atom. The first kappa shape index (κ1) is 15.0. The van der Waals surface area contributed by atoms with Crippen molar-refractivity contribution >= 4 is 5.84 Å². The van der Waals surface area contributed by atoms with Crippen LogP contribution in [-0.2, 0) is 6.54 Å². The summed E-state index contributed by atoms with van der Waals surface area (Å²) in [5.74, 6) is 0.913. The van der Waals surface area contributed by atoms with Crippen LogP contribution < -0.4 is 5.73 Å². The Morgan fingerprint density at radius 2 is 2.10 bits per heavy atom. The molecule has 0 heterocycles. The van der Waals surface area contributed by atoms with Gasteiger partial charge in [0, 0.05) is 18.2 Å². The average molecular weight is 273 g/mol. The van der Waals surface area contributed by atoms with Gasteiger partial charge in [0.05, 0.1) is 0 Å². The Balaban J connectivity index is 2.04. The van der Waals surface area contributed by atoms with Gasteiger partial charge in [0.15, 0.2) is 0 Å². The van der Waals surface area contributed by atoms with Gasteiger partial charge in [-0.15, -0.1) is 0 Å². The molecule has 1 aliphatic rings. The number of hydrogen-bond acceptors (Lipinski definition) is 2. The Kier molecular flexibility index (Phi) is 4.81. The van der Waals surface area contributed by atoms with Gasteiger partial charge in [-0.2, -0.15) is 0 Å². The lowest BCUT2D eigenvalue weighted by atomic mass is 10.0. The molecule has 0 aliphatic heterocycles. The van der Waals surface area contributed by atoms with E-state index in [0.29, 0.717) is 0 Å². The van der Waals surface area contributed by atoms with E-state index >= 15 is 0 Å². The maximum atomic E-state index is 7.50. The van der Waals surface area contributed by atoms with Gasteiger partial charge < -0.3 is 5.73 Å². The van der Waals surface area contributed by atoms with Gasteiger partial charge in [0.2, 0.25) is 0 Å². The van der Waals surface area contributed by atoms with E-state index in [1.54, 1.807) is 0 Å². The normalized spacial score (nSPS) is 15.1. The van der Waals surface area contributed by atoms with E-state index < -0.39 is 0 Å². The topological polar surface area (TPSA) is 53.1 Å². The number of amidine groups is 1. The molecule has 1 saturated carbocycles. The smallest absolute Gasteiger partial charge is 0.122 e. The van der Waals surface area contributed by atoms with E-state index in [1.807, 2.05) is 12.1 Å². The first-order valence-corrected chi connectivity index (χ1v) is 7.65. The monoisotopic (exact) mass is 273 g/mol. The van der Waals surface area contributed by atoms with Crippen LogP contribution in [-0.4, -0.2) is 23.3 Å². The molecule has 0 atom stereocenters. The largest absolute Gasteiger partial charge is 0.384 e. The van der Waals surface area contributed by atoms with Crippen molar-refractivity contribution in [3.63, 3.8) is 0 Å². The summed E-state index contributed by atoms with van der Waals surface area (Å²) in [4.78, 5) is 2.62. The SMILES string of the molecule is Cc1cc(C(=N)N)ccc1CN(CCC(C)C)C1CC1. The Labute approximate surface area is 122 Å². The summed E-state index contributed by atoms with van der Waals surface area (Å²) in [6.07, 6.45) is 3.96. The highest BCUT2D eigenvalue weighted by atomic mass is 15.2. The number of aryl methyl sites for hydroxylation is 1. The minimum Gasteiger partial charge on any atom is -0.384 e. The van der Waals surface area contributed by atoms with Gasteiger partial charge >= 0.3 is 0 Å². The van der Waals surface area contributed by atoms with Crippen LogP contribution in [0.25, 0.3) is 0 Å². The second-order valence-corrected chi connectivity index (χ2v) is 6.44. The third kappa shape index (κ3) is 4.07. The first-order valence-electron chi connectivity index (χ1n) is 7.65. The quantitative estimate of drug-likeness (QED) is 0.591. The number of benzene rings is 1. The van der Waals surface area contributed by atoms with Gasteiger partial charge in [-0.05, 0) is 55.8 Å². The Bertz CT molecular complexity index is 475. The van der Waals surface area contributed by atoms with Gasteiger partial charge in [-0.3, -0.25) is 10.3 Å². The average Bonchev–Trinajstić information content (AvgIpc) is 3.19. The predicted molar refractivity (Wildman–Crippen MR) is 85.1 cm³/mol. The van der Waals surface area contributed by atoms with Crippen molar-refractivity contribution < 1.29 is 0 Å². The van der Waals surface area contributed by atoms with Crippen molar-refractivity contribution in [2.45, 2.75) is 52.6 Å². The third-order valence-corrected chi connectivity index (χ3v) is 4.08. The molecular formula is C17H27N3. The van der Waals surface area contributed by atoms with Gasteiger partial charge in [0.1, 0.15) is 5.84 Å². The summed E-state index contributed by atoms with van der Waals surface area (Å²) in [5.41, 5.74) is 8.98. The third-order valence-electron chi connectivity index (χ3n) is 4.08. The minimum atomic E-state index is 0.151. The fraction of sp³-hybridized carbons (Fsp3) is 0.588. The number of nitrogens with two attached hydrogens (primary N) is 1. The standard InChI is InChI=1S/C17H27N3/c1-12(2)8-9-20(16-6-7-16)11-15-5-4-14(17(18)19)10-13(15)3/h4-5,10,12,16H,6-9,11H2,1-3H3,(H3,18,19). The molecule has 0 aromatic heterocycles. The Morgan fingerprint density at radius 1 is 1.40 bits per heavy atom. The van der Waals surface area contributed by atoms with Crippen molar-refractivity contribution in [3.05, 3.63) is 34.9 Å². The van der Waals surface area contributed by atoms with Crippen LogP contribution in [0, 0.1) is 18.3 Å². The summed E-state index contributed by atoms with van der Waals surface area (Å²) in [5, 5.41) is 7.50. The highest BCUT2D eigenvalue weighted by Crippen LogP contribution is 2.29. The van der Waals surface area contributed by atoms with E-state index in [9.17, 15) is 0 Å². The van der Waals surface area contributed by atoms with Crippen LogP contribution in [0.5, 0.6) is 0 Å². The maximum absolute atomic E-state index is 7.50. The zero-order chi connectivity index (χ0) is 14.7. The van der Waals surface area contributed by atoms with Crippen LogP contribution in [0.3, 0.4) is 0 Å². The minimum absolute atomic E-state index is 0.151. The van der Waals surface area contributed by atoms with Gasteiger partial charge in [0.25, 0.3) is 0 Å². The second kappa shape index (κ2) is 6.40. The zero-order valence-electron chi connectivity index (χ0n) is 12.9. The molecule has 3 heteroatoms. The summed E-state index contributed by atoms with van der Waals surface area (Å²) in [7, 11) is 0. The molecule has 0 spiro atoms. The van der Waals surface area contributed by atoms with Crippen LogP contribution in [0.2, 0.25) is 0 Å². The predicted octanol–water partition coefficient (Wildman–Crippen LogP) is 3.29. The fourth-order valence-corrected chi connectivity index (χ4v) is 2.51. The lowest BCUT2D eigenvalue weighted by Crippen LogP contribution is -2.28. The Hall–Kier alpha value is -1.35. The van der Waals surface area contributed by atoms with Crippen LogP contribution in [0.4, 0.5) is 0 Å². The van der Waals surface area contributed by atoms with Crippen LogP contribution in [0.15, 0.2) is 18.2 Å². The molecule has 2 rings (SSSR count). The molecule has 3 nitrogen and oxygen atoms in total. The van der Waals surface area contributed by atoms with E-state index in [-0.39, 0.29) is 5.84 Å². The number of hydrogen-bond donors (Lipinski definition) is 2. The van der Waals surface area contributed by atoms with Crippen LogP contribution >= 0.6 is 0 Å². The summed E-state index contributed by atoms with van der Waals surface area (Å²) in [6, 6.07) is 6.93. The summed E-state index contributed by atoms with van der Waals surface area (Å²) >= 11 is 0. The zero-order valence-corrected chi connectivity index (χ0v) is 12.9. The van der Waals surface area contributed by atoms with E-state index in [1.165, 1.54) is 36.9 Å². The number of nitrogens with zero attached hydrogens (tertiary/aromatic N) is 1. The molecule has 0 saturated heterocycles. The molecule has 0 unspecified atom stereocenters. The van der Waals surface area contributed by atoms with Gasteiger partial charge in [-0.1, -0.05) is 26.0 Å². The number of nitrogens with one attached hydrogen (secondary N) is 1. The van der Waals surface area contributed by atoms with Crippen molar-refractivity contribution in [2.75, 3.05) is 6.54 Å². The number of nitrogen functional groups attached to an aromatic ring is 1. The number of rotatable bonds is 7. The van der Waals surface area contributed by atoms with Crippen molar-refractivity contribution in [1.82, 2.24) is 4.90 Å².